The van der Waals surface area contributed by atoms with Crippen molar-refractivity contribution in [3.8, 4) is 0 Å². The van der Waals surface area contributed by atoms with Crippen molar-refractivity contribution in [1.29, 1.82) is 0 Å². The highest BCUT2D eigenvalue weighted by molar-refractivity contribution is 7.80. The van der Waals surface area contributed by atoms with Crippen LogP contribution in [0.25, 0.3) is 21.7 Å². The highest BCUT2D eigenvalue weighted by Crippen LogP contribution is 2.27. The van der Waals surface area contributed by atoms with Crippen LogP contribution in [0.4, 0.5) is 15.8 Å². The summed E-state index contributed by atoms with van der Waals surface area (Å²) in [6, 6.07) is 16.9. The lowest BCUT2D eigenvalue weighted by Crippen LogP contribution is -2.50. The normalized spacial score (nSPS) is 13.8. The molecular weight excluding hydrogens is 479 g/mol. The van der Waals surface area contributed by atoms with E-state index < -0.39 is 22.8 Å². The van der Waals surface area contributed by atoms with E-state index in [0.717, 1.165) is 22.5 Å². The number of aromatic carboxylic acids is 1. The van der Waals surface area contributed by atoms with Gasteiger partial charge in [0.1, 0.15) is 5.82 Å². The minimum absolute atomic E-state index is 0.0268. The molecule has 9 heteroatoms. The Morgan fingerprint density at radius 1 is 1.06 bits per heavy atom. The number of aryl methyl sites for hydroxylation is 1. The summed E-state index contributed by atoms with van der Waals surface area (Å²) in [4.78, 5) is 27.9. The molecular formula is C27H24FN4O3S-. The number of nitrogens with one attached hydrogen (secondary N) is 1. The smallest absolute Gasteiger partial charge is 0.198 e. The number of nitrogens with zero attached hydrogens (tertiary/aromatic N) is 3. The number of thiocarbonyl (C=S) groups is 1. The summed E-state index contributed by atoms with van der Waals surface area (Å²) >= 11 is 5.67. The van der Waals surface area contributed by atoms with Crippen molar-refractivity contribution in [1.82, 2.24) is 9.47 Å². The second kappa shape index (κ2) is 9.58. The third-order valence-corrected chi connectivity index (χ3v) is 7.01. The van der Waals surface area contributed by atoms with Crippen LogP contribution >= 0.6 is 12.2 Å². The number of carbonyl (C=O) groups is 1. The molecule has 7 nitrogen and oxygen atoms in total. The molecule has 0 unspecified atom stereocenters. The average molecular weight is 504 g/mol. The molecule has 184 valence electrons. The van der Waals surface area contributed by atoms with E-state index in [1.54, 1.807) is 10.6 Å². The molecule has 1 fully saturated rings. The van der Waals surface area contributed by atoms with Crippen LogP contribution < -0.4 is 20.8 Å². The van der Waals surface area contributed by atoms with Crippen LogP contribution in [0.3, 0.4) is 0 Å². The lowest BCUT2D eigenvalue weighted by molar-refractivity contribution is -0.255. The molecule has 1 saturated heterocycles. The average Bonchev–Trinajstić information content (AvgIpc) is 2.89. The van der Waals surface area contributed by atoms with Gasteiger partial charge in [0.15, 0.2) is 10.5 Å². The van der Waals surface area contributed by atoms with Gasteiger partial charge in [-0.1, -0.05) is 36.4 Å². The molecule has 5 rings (SSSR count). The highest BCUT2D eigenvalue weighted by atomic mass is 32.1. The standard InChI is InChI=1S/C27H25FN4O3S/c1-2-30-16-20(26(34)35)25(33)19-14-21(28)24(15-23(19)30)31-10-12-32(13-11-31)27(36)29-22-9-5-7-17-6-3-4-8-18(17)22/h3-9,14-16H,2,10-13H2,1H3,(H,29,36)(H,34,35)/p-1. The van der Waals surface area contributed by atoms with Gasteiger partial charge in [0, 0.05) is 55.4 Å². The first-order valence-corrected chi connectivity index (χ1v) is 12.1. The topological polar surface area (TPSA) is 80.6 Å². The largest absolute Gasteiger partial charge is 0.545 e. The van der Waals surface area contributed by atoms with Gasteiger partial charge in [0.25, 0.3) is 0 Å². The lowest BCUT2D eigenvalue weighted by Gasteiger charge is -2.37. The zero-order valence-corrected chi connectivity index (χ0v) is 20.5. The summed E-state index contributed by atoms with van der Waals surface area (Å²) in [5, 5.41) is 17.6. The molecule has 2 heterocycles. The molecule has 0 radical (unpaired) electrons. The highest BCUT2D eigenvalue weighted by Gasteiger charge is 2.23. The van der Waals surface area contributed by atoms with Gasteiger partial charge in [-0.3, -0.25) is 4.79 Å². The Morgan fingerprint density at radius 2 is 1.78 bits per heavy atom. The van der Waals surface area contributed by atoms with E-state index in [1.165, 1.54) is 6.20 Å². The third kappa shape index (κ3) is 4.26. The Kier molecular flexibility index (Phi) is 6.32. The number of carboxylic acids is 1. The van der Waals surface area contributed by atoms with Crippen LogP contribution in [0.1, 0.15) is 17.3 Å². The first-order chi connectivity index (χ1) is 17.4. The minimum atomic E-state index is -1.57. The summed E-state index contributed by atoms with van der Waals surface area (Å²) in [5.74, 6) is -2.14. The maximum atomic E-state index is 15.1. The number of pyridine rings is 1. The molecule has 3 aromatic carbocycles. The van der Waals surface area contributed by atoms with Crippen LogP contribution in [-0.4, -0.2) is 46.7 Å². The number of benzene rings is 3. The molecule has 0 amide bonds. The maximum Gasteiger partial charge on any atom is 0.198 e. The second-order valence-corrected chi connectivity index (χ2v) is 9.08. The number of carbonyl (C=O) groups excluding carboxylic acids is 1. The maximum absolute atomic E-state index is 15.1. The first-order valence-electron chi connectivity index (χ1n) is 11.7. The van der Waals surface area contributed by atoms with Crippen molar-refractivity contribution in [3.05, 3.63) is 82.4 Å². The van der Waals surface area contributed by atoms with Crippen molar-refractivity contribution in [2.24, 2.45) is 0 Å². The number of hydrogen-bond donors (Lipinski definition) is 1. The van der Waals surface area contributed by atoms with Crippen molar-refractivity contribution in [3.63, 3.8) is 0 Å². The van der Waals surface area contributed by atoms with Gasteiger partial charge in [0.05, 0.1) is 22.7 Å². The zero-order chi connectivity index (χ0) is 25.4. The first kappa shape index (κ1) is 23.7. The quantitative estimate of drug-likeness (QED) is 0.429. The van der Waals surface area contributed by atoms with E-state index in [-0.39, 0.29) is 5.39 Å². The number of anilines is 2. The third-order valence-electron chi connectivity index (χ3n) is 6.65. The van der Waals surface area contributed by atoms with Gasteiger partial charge in [-0.2, -0.15) is 0 Å². The Balaban J connectivity index is 1.35. The Morgan fingerprint density at radius 3 is 2.50 bits per heavy atom. The van der Waals surface area contributed by atoms with Crippen molar-refractivity contribution in [2.45, 2.75) is 13.5 Å². The van der Waals surface area contributed by atoms with Crippen LogP contribution in [0.15, 0.2) is 65.6 Å². The number of rotatable bonds is 4. The Hall–Kier alpha value is -3.98. The Labute approximate surface area is 212 Å². The summed E-state index contributed by atoms with van der Waals surface area (Å²) in [5.41, 5.74) is 0.582. The van der Waals surface area contributed by atoms with Gasteiger partial charge in [-0.25, -0.2) is 4.39 Å². The van der Waals surface area contributed by atoms with Crippen LogP contribution in [0.2, 0.25) is 0 Å². The van der Waals surface area contributed by atoms with E-state index in [1.807, 2.05) is 42.2 Å². The predicted octanol–water partition coefficient (Wildman–Crippen LogP) is 3.20. The summed E-state index contributed by atoms with van der Waals surface area (Å²) < 4.78 is 16.8. The summed E-state index contributed by atoms with van der Waals surface area (Å²) in [6.07, 6.45) is 1.26. The molecule has 1 aliphatic rings. The van der Waals surface area contributed by atoms with E-state index >= 15 is 4.39 Å². The fourth-order valence-electron chi connectivity index (χ4n) is 4.73. The van der Waals surface area contributed by atoms with E-state index in [0.29, 0.717) is 49.0 Å². The minimum Gasteiger partial charge on any atom is -0.545 e. The Bertz CT molecular complexity index is 1560. The molecule has 36 heavy (non-hydrogen) atoms. The SMILES string of the molecule is CCn1cc(C(=O)[O-])c(=O)c2cc(F)c(N3CCN(C(=S)Nc4cccc5ccccc45)CC3)cc21. The van der Waals surface area contributed by atoms with Crippen molar-refractivity contribution >= 4 is 56.3 Å². The number of hydrogen-bond acceptors (Lipinski definition) is 5. The zero-order valence-electron chi connectivity index (χ0n) is 19.7. The van der Waals surface area contributed by atoms with E-state index in [4.69, 9.17) is 12.2 Å². The molecule has 0 saturated carbocycles. The van der Waals surface area contributed by atoms with Gasteiger partial charge < -0.3 is 29.6 Å². The van der Waals surface area contributed by atoms with Gasteiger partial charge >= 0.3 is 0 Å². The van der Waals surface area contributed by atoms with Crippen LogP contribution in [0, 0.1) is 5.82 Å². The van der Waals surface area contributed by atoms with E-state index in [2.05, 4.69) is 22.3 Å². The number of carboxylic acid groups (broad SMARTS) is 1. The number of aromatic nitrogens is 1. The van der Waals surface area contributed by atoms with Gasteiger partial charge in [-0.05, 0) is 42.7 Å². The fraction of sp³-hybridized carbons (Fsp3) is 0.222. The molecule has 0 spiro atoms. The number of halogens is 1. The second-order valence-electron chi connectivity index (χ2n) is 8.70. The number of piperazine rings is 1. The van der Waals surface area contributed by atoms with Gasteiger partial charge in [0.2, 0.25) is 0 Å². The summed E-state index contributed by atoms with van der Waals surface area (Å²) in [7, 11) is 0. The van der Waals surface area contributed by atoms with Crippen LogP contribution in [0.5, 0.6) is 0 Å². The fourth-order valence-corrected chi connectivity index (χ4v) is 5.02. The molecule has 0 aliphatic carbocycles. The monoisotopic (exact) mass is 503 g/mol. The van der Waals surface area contributed by atoms with Gasteiger partial charge in [-0.15, -0.1) is 0 Å². The van der Waals surface area contributed by atoms with Crippen molar-refractivity contribution in [2.75, 3.05) is 36.4 Å². The molecule has 4 aromatic rings. The van der Waals surface area contributed by atoms with Crippen LogP contribution in [-0.2, 0) is 6.54 Å². The molecule has 0 atom stereocenters. The van der Waals surface area contributed by atoms with Crippen molar-refractivity contribution < 1.29 is 14.3 Å². The lowest BCUT2D eigenvalue weighted by atomic mass is 10.1. The predicted molar refractivity (Wildman–Crippen MR) is 142 cm³/mol. The van der Waals surface area contributed by atoms with E-state index in [9.17, 15) is 14.7 Å². The molecule has 1 aromatic heterocycles. The summed E-state index contributed by atoms with van der Waals surface area (Å²) in [6.45, 7) is 4.51. The molecule has 0 bridgehead atoms. The number of fused-ring (bicyclic) bond motifs is 2. The molecule has 1 aliphatic heterocycles. The molecule has 1 N–H and O–H groups in total.